The Balaban J connectivity index is 1.46. The second kappa shape index (κ2) is 7.55. The number of carboxylic acids is 1. The van der Waals surface area contributed by atoms with Crippen LogP contribution in [0.15, 0.2) is 42.5 Å². The zero-order valence-corrected chi connectivity index (χ0v) is 14.2. The van der Waals surface area contributed by atoms with Gasteiger partial charge in [-0.25, -0.2) is 0 Å². The third kappa shape index (κ3) is 4.29. The molecule has 5 nitrogen and oxygen atoms in total. The molecule has 0 saturated heterocycles. The summed E-state index contributed by atoms with van der Waals surface area (Å²) in [5.41, 5.74) is -0.528. The summed E-state index contributed by atoms with van der Waals surface area (Å²) in [5, 5.41) is 14.1. The number of fused-ring (bicyclic) bond motifs is 1. The molecule has 5 heteroatoms. The first kappa shape index (κ1) is 17.3. The third-order valence-corrected chi connectivity index (χ3v) is 4.76. The molecule has 2 aromatic carbocycles. The van der Waals surface area contributed by atoms with E-state index in [1.54, 1.807) is 0 Å². The predicted molar refractivity (Wildman–Crippen MR) is 95.7 cm³/mol. The second-order valence-electron chi connectivity index (χ2n) is 6.68. The molecule has 0 unspecified atom stereocenters. The van der Waals surface area contributed by atoms with Crippen molar-refractivity contribution in [2.24, 2.45) is 0 Å². The van der Waals surface area contributed by atoms with Crippen LogP contribution in [0.2, 0.25) is 0 Å². The van der Waals surface area contributed by atoms with Gasteiger partial charge in [-0.3, -0.25) is 9.59 Å². The first-order valence-corrected chi connectivity index (χ1v) is 8.71. The standard InChI is InChI=1S/C20H23NO4/c22-18(21-20(11-5-12-20)14-19(23)24)10-4-13-25-17-9-3-7-15-6-1-2-8-16(15)17/h1-3,6-9H,4-5,10-14H2,(H,21,22)(H,23,24). The van der Waals surface area contributed by atoms with Gasteiger partial charge in [-0.05, 0) is 37.1 Å². The Kier molecular flexibility index (Phi) is 5.22. The van der Waals surface area contributed by atoms with Gasteiger partial charge in [0, 0.05) is 11.8 Å². The van der Waals surface area contributed by atoms with E-state index in [1.165, 1.54) is 0 Å². The van der Waals surface area contributed by atoms with Crippen molar-refractivity contribution in [1.29, 1.82) is 0 Å². The van der Waals surface area contributed by atoms with Gasteiger partial charge in [-0.15, -0.1) is 0 Å². The van der Waals surface area contributed by atoms with E-state index >= 15 is 0 Å². The van der Waals surface area contributed by atoms with Crippen LogP contribution < -0.4 is 10.1 Å². The maximum Gasteiger partial charge on any atom is 0.305 e. The zero-order valence-electron chi connectivity index (χ0n) is 14.2. The number of nitrogens with one attached hydrogen (secondary N) is 1. The van der Waals surface area contributed by atoms with Gasteiger partial charge in [0.15, 0.2) is 0 Å². The summed E-state index contributed by atoms with van der Waals surface area (Å²) >= 11 is 0. The fourth-order valence-corrected chi connectivity index (χ4v) is 3.33. The van der Waals surface area contributed by atoms with Crippen molar-refractivity contribution in [2.75, 3.05) is 6.61 Å². The lowest BCUT2D eigenvalue weighted by Gasteiger charge is -2.41. The normalized spacial score (nSPS) is 15.4. The topological polar surface area (TPSA) is 75.6 Å². The van der Waals surface area contributed by atoms with Crippen LogP contribution in [0.4, 0.5) is 0 Å². The number of aliphatic carboxylic acids is 1. The van der Waals surface area contributed by atoms with E-state index in [0.29, 0.717) is 19.4 Å². The van der Waals surface area contributed by atoms with Gasteiger partial charge in [-0.2, -0.15) is 0 Å². The van der Waals surface area contributed by atoms with Gasteiger partial charge in [0.1, 0.15) is 5.75 Å². The average molecular weight is 341 g/mol. The molecule has 25 heavy (non-hydrogen) atoms. The third-order valence-electron chi connectivity index (χ3n) is 4.76. The number of ether oxygens (including phenoxy) is 1. The molecule has 132 valence electrons. The molecule has 2 aromatic rings. The maximum atomic E-state index is 12.1. The van der Waals surface area contributed by atoms with Crippen molar-refractivity contribution < 1.29 is 19.4 Å². The largest absolute Gasteiger partial charge is 0.493 e. The maximum absolute atomic E-state index is 12.1. The van der Waals surface area contributed by atoms with Crippen molar-refractivity contribution in [3.63, 3.8) is 0 Å². The number of benzene rings is 2. The van der Waals surface area contributed by atoms with Crippen molar-refractivity contribution in [2.45, 2.75) is 44.1 Å². The van der Waals surface area contributed by atoms with Gasteiger partial charge in [0.05, 0.1) is 18.6 Å². The highest BCUT2D eigenvalue weighted by atomic mass is 16.5. The minimum Gasteiger partial charge on any atom is -0.493 e. The van der Waals surface area contributed by atoms with Crippen LogP contribution in [0.5, 0.6) is 5.75 Å². The van der Waals surface area contributed by atoms with Crippen LogP contribution in [0, 0.1) is 0 Å². The SMILES string of the molecule is O=C(O)CC1(NC(=O)CCCOc2cccc3ccccc23)CCC1. The van der Waals surface area contributed by atoms with E-state index in [9.17, 15) is 9.59 Å². The molecule has 0 radical (unpaired) electrons. The Morgan fingerprint density at radius 1 is 1.12 bits per heavy atom. The number of carbonyl (C=O) groups is 2. The van der Waals surface area contributed by atoms with E-state index in [4.69, 9.17) is 9.84 Å². The van der Waals surface area contributed by atoms with Crippen LogP contribution in [-0.2, 0) is 9.59 Å². The zero-order chi connectivity index (χ0) is 17.7. The van der Waals surface area contributed by atoms with Gasteiger partial charge in [0.2, 0.25) is 5.91 Å². The number of amides is 1. The Bertz CT molecular complexity index is 762. The summed E-state index contributed by atoms with van der Waals surface area (Å²) in [4.78, 5) is 23.0. The molecular weight excluding hydrogens is 318 g/mol. The molecule has 0 aliphatic heterocycles. The molecule has 2 N–H and O–H groups in total. The summed E-state index contributed by atoms with van der Waals surface area (Å²) < 4.78 is 5.83. The summed E-state index contributed by atoms with van der Waals surface area (Å²) in [5.74, 6) is -0.137. The van der Waals surface area contributed by atoms with E-state index in [0.717, 1.165) is 35.8 Å². The molecule has 0 aromatic heterocycles. The smallest absolute Gasteiger partial charge is 0.305 e. The molecule has 1 amide bonds. The van der Waals surface area contributed by atoms with Gasteiger partial charge in [-0.1, -0.05) is 36.4 Å². The van der Waals surface area contributed by atoms with E-state index in [1.807, 2.05) is 42.5 Å². The molecular formula is C20H23NO4. The van der Waals surface area contributed by atoms with Crippen molar-refractivity contribution in [1.82, 2.24) is 5.32 Å². The molecule has 0 spiro atoms. The molecule has 3 rings (SSSR count). The molecule has 1 aliphatic rings. The Morgan fingerprint density at radius 2 is 1.88 bits per heavy atom. The first-order chi connectivity index (χ1) is 12.1. The molecule has 1 aliphatic carbocycles. The number of carbonyl (C=O) groups excluding carboxylic acids is 1. The number of carboxylic acid groups (broad SMARTS) is 1. The van der Waals surface area contributed by atoms with E-state index in [-0.39, 0.29) is 12.3 Å². The monoisotopic (exact) mass is 341 g/mol. The molecule has 0 bridgehead atoms. The Morgan fingerprint density at radius 3 is 2.60 bits per heavy atom. The summed E-state index contributed by atoms with van der Waals surface area (Å²) in [6.07, 6.45) is 3.41. The van der Waals surface area contributed by atoms with E-state index < -0.39 is 11.5 Å². The number of hydrogen-bond acceptors (Lipinski definition) is 3. The number of rotatable bonds is 8. The van der Waals surface area contributed by atoms with Crippen LogP contribution in [0.25, 0.3) is 10.8 Å². The quantitative estimate of drug-likeness (QED) is 0.721. The molecule has 1 fully saturated rings. The van der Waals surface area contributed by atoms with Crippen LogP contribution in [-0.4, -0.2) is 29.1 Å². The summed E-state index contributed by atoms with van der Waals surface area (Å²) in [6, 6.07) is 13.9. The van der Waals surface area contributed by atoms with Crippen LogP contribution >= 0.6 is 0 Å². The highest BCUT2D eigenvalue weighted by Gasteiger charge is 2.40. The lowest BCUT2D eigenvalue weighted by atomic mass is 9.74. The fourth-order valence-electron chi connectivity index (χ4n) is 3.33. The van der Waals surface area contributed by atoms with Gasteiger partial charge in [0.25, 0.3) is 0 Å². The lowest BCUT2D eigenvalue weighted by molar-refractivity contribution is -0.140. The fraction of sp³-hybridized carbons (Fsp3) is 0.400. The lowest BCUT2D eigenvalue weighted by Crippen LogP contribution is -2.54. The van der Waals surface area contributed by atoms with Crippen LogP contribution in [0.1, 0.15) is 38.5 Å². The van der Waals surface area contributed by atoms with Crippen molar-refractivity contribution >= 4 is 22.6 Å². The van der Waals surface area contributed by atoms with Gasteiger partial charge >= 0.3 is 5.97 Å². The molecule has 0 heterocycles. The highest BCUT2D eigenvalue weighted by molar-refractivity contribution is 5.88. The van der Waals surface area contributed by atoms with Crippen molar-refractivity contribution in [3.05, 3.63) is 42.5 Å². The molecule has 1 saturated carbocycles. The van der Waals surface area contributed by atoms with Crippen LogP contribution in [0.3, 0.4) is 0 Å². The second-order valence-corrected chi connectivity index (χ2v) is 6.68. The first-order valence-electron chi connectivity index (χ1n) is 8.71. The predicted octanol–water partition coefficient (Wildman–Crippen LogP) is 3.51. The average Bonchev–Trinajstić information content (AvgIpc) is 2.56. The van der Waals surface area contributed by atoms with Crippen molar-refractivity contribution in [3.8, 4) is 5.75 Å². The molecule has 0 atom stereocenters. The Labute approximate surface area is 147 Å². The Hall–Kier alpha value is -2.56. The highest BCUT2D eigenvalue weighted by Crippen LogP contribution is 2.35. The van der Waals surface area contributed by atoms with E-state index in [2.05, 4.69) is 5.32 Å². The summed E-state index contributed by atoms with van der Waals surface area (Å²) in [7, 11) is 0. The minimum atomic E-state index is -0.862. The minimum absolute atomic E-state index is 0.00520. The van der Waals surface area contributed by atoms with Gasteiger partial charge < -0.3 is 15.2 Å². The number of hydrogen-bond donors (Lipinski definition) is 2. The summed E-state index contributed by atoms with van der Waals surface area (Å²) in [6.45, 7) is 0.452.